The van der Waals surface area contributed by atoms with Crippen molar-refractivity contribution in [2.75, 3.05) is 13.1 Å². The summed E-state index contributed by atoms with van der Waals surface area (Å²) in [6, 6.07) is 18.4. The molecule has 1 fully saturated rings. The van der Waals surface area contributed by atoms with Crippen LogP contribution in [0.25, 0.3) is 21.9 Å². The van der Waals surface area contributed by atoms with Crippen molar-refractivity contribution in [1.82, 2.24) is 9.88 Å². The molecule has 1 atom stereocenters. The number of pyridine rings is 1. The highest BCUT2D eigenvalue weighted by Crippen LogP contribution is 2.26. The van der Waals surface area contributed by atoms with E-state index in [9.17, 15) is 9.59 Å². The maximum atomic E-state index is 12.9. The number of amides is 1. The summed E-state index contributed by atoms with van der Waals surface area (Å²) in [5.74, 6) is 0.374. The first-order valence-corrected chi connectivity index (χ1v) is 9.51. The molecule has 0 aliphatic carbocycles. The zero-order chi connectivity index (χ0) is 19.8. The van der Waals surface area contributed by atoms with Gasteiger partial charge in [0.05, 0.1) is 6.54 Å². The van der Waals surface area contributed by atoms with Crippen LogP contribution < -0.4 is 10.4 Å². The largest absolute Gasteiger partial charge is 0.486 e. The molecule has 0 bridgehead atoms. The number of aromatic nitrogens is 1. The maximum Gasteiger partial charge on any atom is 0.349 e. The molecular weight excluding hydrogens is 368 g/mol. The minimum atomic E-state index is -0.615. The molecule has 29 heavy (non-hydrogen) atoms. The topological polar surface area (TPSA) is 72.6 Å². The number of hydrogen-bond donors (Lipinski definition) is 0. The predicted octanol–water partition coefficient (Wildman–Crippen LogP) is 3.63. The quantitative estimate of drug-likeness (QED) is 0.503. The second-order valence-corrected chi connectivity index (χ2v) is 7.10. The molecule has 1 aliphatic rings. The lowest BCUT2D eigenvalue weighted by Gasteiger charge is -2.17. The molecule has 0 spiro atoms. The number of carbonyl (C=O) groups is 1. The normalized spacial score (nSPS) is 16.4. The molecule has 2 aromatic carbocycles. The Labute approximate surface area is 166 Å². The highest BCUT2D eigenvalue weighted by atomic mass is 16.5. The van der Waals surface area contributed by atoms with Crippen LogP contribution in [0.2, 0.25) is 0 Å². The molecular formula is C23H18N2O4. The van der Waals surface area contributed by atoms with Crippen molar-refractivity contribution in [1.29, 1.82) is 0 Å². The molecule has 0 saturated carbocycles. The van der Waals surface area contributed by atoms with Crippen LogP contribution in [0.3, 0.4) is 0 Å². The number of fused-ring (bicyclic) bond motifs is 2. The molecule has 3 heterocycles. The van der Waals surface area contributed by atoms with Gasteiger partial charge in [-0.2, -0.15) is 0 Å². The third-order valence-corrected chi connectivity index (χ3v) is 5.19. The second-order valence-electron chi connectivity index (χ2n) is 7.10. The number of nitrogens with zero attached hydrogens (tertiary/aromatic N) is 2. The van der Waals surface area contributed by atoms with Gasteiger partial charge in [0.1, 0.15) is 28.5 Å². The first kappa shape index (κ1) is 17.4. The van der Waals surface area contributed by atoms with Gasteiger partial charge < -0.3 is 14.1 Å². The summed E-state index contributed by atoms with van der Waals surface area (Å²) < 4.78 is 11.4. The third kappa shape index (κ3) is 3.23. The predicted molar refractivity (Wildman–Crippen MR) is 109 cm³/mol. The van der Waals surface area contributed by atoms with E-state index in [1.165, 1.54) is 0 Å². The molecule has 1 amide bonds. The molecule has 144 valence electrons. The van der Waals surface area contributed by atoms with Crippen molar-refractivity contribution in [2.24, 2.45) is 0 Å². The van der Waals surface area contributed by atoms with E-state index < -0.39 is 5.63 Å². The smallest absolute Gasteiger partial charge is 0.349 e. The summed E-state index contributed by atoms with van der Waals surface area (Å²) in [4.78, 5) is 31.3. The monoisotopic (exact) mass is 386 g/mol. The second kappa shape index (κ2) is 7.05. The fraction of sp³-hybridized carbons (Fsp3) is 0.174. The lowest BCUT2D eigenvalue weighted by atomic mass is 10.1. The molecule has 1 aliphatic heterocycles. The van der Waals surface area contributed by atoms with Gasteiger partial charge in [0.25, 0.3) is 5.91 Å². The standard InChI is InChI=1S/C23H18N2O4/c26-22(18-13-16-5-1-2-8-19(16)29-23(18)27)25-12-10-17(14-25)28-20-9-3-6-15-7-4-11-24-21(15)20/h1-9,11,13,17H,10,12,14H2. The lowest BCUT2D eigenvalue weighted by molar-refractivity contribution is 0.0768. The van der Waals surface area contributed by atoms with Crippen molar-refractivity contribution >= 4 is 27.8 Å². The van der Waals surface area contributed by atoms with Crippen molar-refractivity contribution in [2.45, 2.75) is 12.5 Å². The van der Waals surface area contributed by atoms with E-state index in [0.717, 1.165) is 16.3 Å². The van der Waals surface area contributed by atoms with Gasteiger partial charge >= 0.3 is 5.63 Å². The van der Waals surface area contributed by atoms with Crippen molar-refractivity contribution in [3.8, 4) is 5.75 Å². The molecule has 2 aromatic heterocycles. The zero-order valence-corrected chi connectivity index (χ0v) is 15.6. The van der Waals surface area contributed by atoms with Crippen LogP contribution in [0.5, 0.6) is 5.75 Å². The van der Waals surface area contributed by atoms with Crippen LogP contribution in [0.1, 0.15) is 16.8 Å². The van der Waals surface area contributed by atoms with E-state index in [-0.39, 0.29) is 17.6 Å². The Bertz CT molecular complexity index is 1280. The fourth-order valence-corrected chi connectivity index (χ4v) is 3.74. The molecule has 4 aromatic rings. The minimum absolute atomic E-state index is 0.0520. The number of hydrogen-bond acceptors (Lipinski definition) is 5. The van der Waals surface area contributed by atoms with Crippen molar-refractivity contribution in [3.63, 3.8) is 0 Å². The Balaban J connectivity index is 1.36. The Kier molecular flexibility index (Phi) is 4.24. The molecule has 6 nitrogen and oxygen atoms in total. The number of carbonyl (C=O) groups excluding carboxylic acids is 1. The van der Waals surface area contributed by atoms with Crippen LogP contribution in [0.4, 0.5) is 0 Å². The summed E-state index contributed by atoms with van der Waals surface area (Å²) in [6.45, 7) is 0.933. The molecule has 1 unspecified atom stereocenters. The zero-order valence-electron chi connectivity index (χ0n) is 15.6. The summed E-state index contributed by atoms with van der Waals surface area (Å²) in [5, 5.41) is 1.73. The van der Waals surface area contributed by atoms with Gasteiger partial charge in [-0.05, 0) is 24.3 Å². The lowest BCUT2D eigenvalue weighted by Crippen LogP contribution is -2.33. The Morgan fingerprint density at radius 1 is 1.07 bits per heavy atom. The van der Waals surface area contributed by atoms with E-state index >= 15 is 0 Å². The summed E-state index contributed by atoms with van der Waals surface area (Å²) in [6.07, 6.45) is 2.27. The van der Waals surface area contributed by atoms with Crippen LogP contribution >= 0.6 is 0 Å². The van der Waals surface area contributed by atoms with E-state index in [1.54, 1.807) is 29.3 Å². The van der Waals surface area contributed by atoms with Gasteiger partial charge in [-0.1, -0.05) is 36.4 Å². The van der Waals surface area contributed by atoms with Gasteiger partial charge in [-0.25, -0.2) is 4.79 Å². The average molecular weight is 386 g/mol. The van der Waals surface area contributed by atoms with Gasteiger partial charge in [-0.3, -0.25) is 9.78 Å². The van der Waals surface area contributed by atoms with Crippen LogP contribution in [0.15, 0.2) is 76.1 Å². The fourth-order valence-electron chi connectivity index (χ4n) is 3.74. The van der Waals surface area contributed by atoms with Gasteiger partial charge in [-0.15, -0.1) is 0 Å². The number of ether oxygens (including phenoxy) is 1. The Morgan fingerprint density at radius 2 is 1.90 bits per heavy atom. The SMILES string of the molecule is O=C(c1cc2ccccc2oc1=O)N1CCC(Oc2cccc3cccnc23)C1. The average Bonchev–Trinajstić information content (AvgIpc) is 3.21. The first-order chi connectivity index (χ1) is 14.2. The maximum absolute atomic E-state index is 12.9. The number of rotatable bonds is 3. The molecule has 1 saturated heterocycles. The summed E-state index contributed by atoms with van der Waals surface area (Å²) in [5.41, 5.74) is 0.711. The van der Waals surface area contributed by atoms with Crippen molar-refractivity contribution < 1.29 is 13.9 Å². The van der Waals surface area contributed by atoms with Crippen molar-refractivity contribution in [3.05, 3.63) is 82.8 Å². The number of likely N-dealkylation sites (tertiary alicyclic amines) is 1. The van der Waals surface area contributed by atoms with Gasteiger partial charge in [0.15, 0.2) is 0 Å². The van der Waals surface area contributed by atoms with Crippen LogP contribution in [0, 0.1) is 0 Å². The Morgan fingerprint density at radius 3 is 2.83 bits per heavy atom. The first-order valence-electron chi connectivity index (χ1n) is 9.51. The molecule has 0 N–H and O–H groups in total. The molecule has 6 heteroatoms. The van der Waals surface area contributed by atoms with Crippen LogP contribution in [-0.4, -0.2) is 35.0 Å². The number of para-hydroxylation sites is 2. The third-order valence-electron chi connectivity index (χ3n) is 5.19. The highest BCUT2D eigenvalue weighted by Gasteiger charge is 2.30. The van der Waals surface area contributed by atoms with E-state index in [0.29, 0.717) is 30.8 Å². The summed E-state index contributed by atoms with van der Waals surface area (Å²) >= 11 is 0. The van der Waals surface area contributed by atoms with E-state index in [1.807, 2.05) is 42.5 Å². The number of benzene rings is 2. The summed E-state index contributed by atoms with van der Waals surface area (Å²) in [7, 11) is 0. The Hall–Kier alpha value is -3.67. The minimum Gasteiger partial charge on any atom is -0.486 e. The van der Waals surface area contributed by atoms with Gasteiger partial charge in [0, 0.05) is 29.9 Å². The van der Waals surface area contributed by atoms with Gasteiger partial charge in [0.2, 0.25) is 0 Å². The van der Waals surface area contributed by atoms with Crippen LogP contribution in [-0.2, 0) is 0 Å². The van der Waals surface area contributed by atoms with E-state index in [4.69, 9.17) is 9.15 Å². The highest BCUT2D eigenvalue weighted by molar-refractivity contribution is 5.96. The molecule has 0 radical (unpaired) electrons. The van der Waals surface area contributed by atoms with E-state index in [2.05, 4.69) is 4.98 Å². The molecule has 5 rings (SSSR count).